The van der Waals surface area contributed by atoms with E-state index in [4.69, 9.17) is 9.26 Å². The zero-order chi connectivity index (χ0) is 18.8. The molecule has 0 radical (unpaired) electrons. The van der Waals surface area contributed by atoms with Crippen molar-refractivity contribution in [3.05, 3.63) is 36.0 Å². The molecular weight excluding hydrogens is 351 g/mol. The van der Waals surface area contributed by atoms with E-state index in [2.05, 4.69) is 15.5 Å². The largest absolute Gasteiger partial charge is 0.375 e. The second kappa shape index (κ2) is 7.74. The number of amides is 1. The standard InChI is InChI=1S/C19H23FN4O3/c1-12-16(21-8-10-26-12)19(25)24-9-2-3-14(11-24)18-22-17(23-27-18)13-4-6-15(20)7-5-13/h4-7,12,14,16,21H,2-3,8-11H2,1H3/t12-,14?,16+/m1/s1. The van der Waals surface area contributed by atoms with E-state index in [9.17, 15) is 9.18 Å². The first-order valence-electron chi connectivity index (χ1n) is 9.35. The first-order chi connectivity index (χ1) is 13.1. The topological polar surface area (TPSA) is 80.5 Å². The minimum absolute atomic E-state index is 0.00390. The van der Waals surface area contributed by atoms with Crippen LogP contribution in [0.5, 0.6) is 0 Å². The maximum absolute atomic E-state index is 13.1. The van der Waals surface area contributed by atoms with Crippen LogP contribution in [0.1, 0.15) is 31.6 Å². The van der Waals surface area contributed by atoms with Gasteiger partial charge in [-0.1, -0.05) is 5.16 Å². The molecule has 0 aliphatic carbocycles. The van der Waals surface area contributed by atoms with Gasteiger partial charge in [-0.3, -0.25) is 4.79 Å². The number of morpholine rings is 1. The number of ether oxygens (including phenoxy) is 1. The van der Waals surface area contributed by atoms with E-state index < -0.39 is 0 Å². The van der Waals surface area contributed by atoms with E-state index in [1.807, 2.05) is 11.8 Å². The molecule has 0 saturated carbocycles. The van der Waals surface area contributed by atoms with Crippen LogP contribution in [0.4, 0.5) is 4.39 Å². The maximum atomic E-state index is 13.1. The molecule has 1 aromatic heterocycles. The van der Waals surface area contributed by atoms with Gasteiger partial charge in [0.15, 0.2) is 0 Å². The van der Waals surface area contributed by atoms with E-state index in [-0.39, 0.29) is 29.8 Å². The molecule has 3 heterocycles. The average Bonchev–Trinajstić information content (AvgIpc) is 3.19. The summed E-state index contributed by atoms with van der Waals surface area (Å²) in [5.74, 6) is 0.713. The normalized spacial score (nSPS) is 26.1. The quantitative estimate of drug-likeness (QED) is 0.885. The monoisotopic (exact) mass is 374 g/mol. The van der Waals surface area contributed by atoms with Crippen molar-refractivity contribution in [2.45, 2.75) is 37.8 Å². The van der Waals surface area contributed by atoms with Crippen LogP contribution in [0.3, 0.4) is 0 Å². The van der Waals surface area contributed by atoms with E-state index in [0.717, 1.165) is 19.4 Å². The van der Waals surface area contributed by atoms with Crippen LogP contribution in [0.25, 0.3) is 11.4 Å². The Hall–Kier alpha value is -2.32. The number of nitrogens with one attached hydrogen (secondary N) is 1. The van der Waals surface area contributed by atoms with Crippen molar-refractivity contribution in [2.75, 3.05) is 26.2 Å². The van der Waals surface area contributed by atoms with E-state index in [1.54, 1.807) is 12.1 Å². The molecule has 2 saturated heterocycles. The number of carbonyl (C=O) groups excluding carboxylic acids is 1. The Morgan fingerprint density at radius 3 is 2.93 bits per heavy atom. The molecule has 7 nitrogen and oxygen atoms in total. The maximum Gasteiger partial charge on any atom is 0.242 e. The van der Waals surface area contributed by atoms with Crippen molar-refractivity contribution in [2.24, 2.45) is 0 Å². The number of halogens is 1. The summed E-state index contributed by atoms with van der Waals surface area (Å²) < 4.78 is 24.1. The SMILES string of the molecule is C[C@H]1OCCN[C@@H]1C(=O)N1CCCC(c2nc(-c3ccc(F)cc3)no2)C1. The van der Waals surface area contributed by atoms with Gasteiger partial charge < -0.3 is 19.5 Å². The zero-order valence-corrected chi connectivity index (χ0v) is 15.2. The van der Waals surface area contributed by atoms with Gasteiger partial charge in [-0.15, -0.1) is 0 Å². The van der Waals surface area contributed by atoms with Gasteiger partial charge in [0.05, 0.1) is 18.6 Å². The molecule has 1 N–H and O–H groups in total. The summed E-state index contributed by atoms with van der Waals surface area (Å²) in [5.41, 5.74) is 0.701. The van der Waals surface area contributed by atoms with Crippen molar-refractivity contribution in [3.8, 4) is 11.4 Å². The number of rotatable bonds is 3. The Kier molecular flexibility index (Phi) is 5.18. The van der Waals surface area contributed by atoms with Gasteiger partial charge in [0, 0.05) is 25.2 Å². The highest BCUT2D eigenvalue weighted by Gasteiger charge is 2.35. The van der Waals surface area contributed by atoms with Gasteiger partial charge in [-0.2, -0.15) is 4.98 Å². The Labute approximate surface area is 156 Å². The molecule has 2 aromatic rings. The lowest BCUT2D eigenvalue weighted by atomic mass is 9.96. The molecule has 3 atom stereocenters. The summed E-state index contributed by atoms with van der Waals surface area (Å²) in [5, 5.41) is 7.27. The van der Waals surface area contributed by atoms with Crippen LogP contribution < -0.4 is 5.32 Å². The van der Waals surface area contributed by atoms with Crippen molar-refractivity contribution in [1.82, 2.24) is 20.4 Å². The van der Waals surface area contributed by atoms with Gasteiger partial charge in [-0.05, 0) is 44.0 Å². The highest BCUT2D eigenvalue weighted by Crippen LogP contribution is 2.28. The zero-order valence-electron chi connectivity index (χ0n) is 15.2. The summed E-state index contributed by atoms with van der Waals surface area (Å²) in [7, 11) is 0. The van der Waals surface area contributed by atoms with Crippen molar-refractivity contribution < 1.29 is 18.4 Å². The van der Waals surface area contributed by atoms with Crippen LogP contribution >= 0.6 is 0 Å². The molecule has 2 aliphatic heterocycles. The minimum Gasteiger partial charge on any atom is -0.375 e. The predicted molar refractivity (Wildman–Crippen MR) is 95.5 cm³/mol. The van der Waals surface area contributed by atoms with Crippen LogP contribution in [0.2, 0.25) is 0 Å². The Morgan fingerprint density at radius 2 is 2.15 bits per heavy atom. The fraction of sp³-hybridized carbons (Fsp3) is 0.526. The van der Waals surface area contributed by atoms with Crippen LogP contribution in [0.15, 0.2) is 28.8 Å². The van der Waals surface area contributed by atoms with Gasteiger partial charge in [0.25, 0.3) is 0 Å². The molecule has 27 heavy (non-hydrogen) atoms. The third kappa shape index (κ3) is 3.86. The van der Waals surface area contributed by atoms with Gasteiger partial charge in [0.1, 0.15) is 11.9 Å². The van der Waals surface area contributed by atoms with Crippen LogP contribution in [0, 0.1) is 5.82 Å². The predicted octanol–water partition coefficient (Wildman–Crippen LogP) is 1.96. The number of aromatic nitrogens is 2. The highest BCUT2D eigenvalue weighted by atomic mass is 19.1. The number of piperidine rings is 1. The molecule has 0 spiro atoms. The van der Waals surface area contributed by atoms with Crippen molar-refractivity contribution in [1.29, 1.82) is 0 Å². The summed E-state index contributed by atoms with van der Waals surface area (Å²) >= 11 is 0. The smallest absolute Gasteiger partial charge is 0.242 e. The Balaban J connectivity index is 1.45. The number of benzene rings is 1. The molecule has 1 aromatic carbocycles. The van der Waals surface area contributed by atoms with E-state index >= 15 is 0 Å². The first kappa shape index (κ1) is 18.1. The second-order valence-electron chi connectivity index (χ2n) is 7.09. The second-order valence-corrected chi connectivity index (χ2v) is 7.09. The van der Waals surface area contributed by atoms with E-state index in [1.165, 1.54) is 12.1 Å². The average molecular weight is 374 g/mol. The van der Waals surface area contributed by atoms with Gasteiger partial charge in [0.2, 0.25) is 17.6 Å². The summed E-state index contributed by atoms with van der Waals surface area (Å²) in [4.78, 5) is 19.2. The fourth-order valence-electron chi connectivity index (χ4n) is 3.70. The minimum atomic E-state index is -0.310. The summed E-state index contributed by atoms with van der Waals surface area (Å²) in [6.45, 7) is 4.50. The molecule has 8 heteroatoms. The van der Waals surface area contributed by atoms with Crippen molar-refractivity contribution in [3.63, 3.8) is 0 Å². The number of hydrogen-bond donors (Lipinski definition) is 1. The molecular formula is C19H23FN4O3. The molecule has 4 rings (SSSR count). The summed E-state index contributed by atoms with van der Waals surface area (Å²) in [6.07, 6.45) is 1.63. The lowest BCUT2D eigenvalue weighted by Crippen LogP contribution is -2.57. The highest BCUT2D eigenvalue weighted by molar-refractivity contribution is 5.82. The molecule has 0 bridgehead atoms. The Bertz CT molecular complexity index is 795. The number of carbonyl (C=O) groups is 1. The lowest BCUT2D eigenvalue weighted by molar-refractivity contribution is -0.140. The molecule has 1 unspecified atom stereocenters. The molecule has 2 aliphatic rings. The third-order valence-electron chi connectivity index (χ3n) is 5.21. The molecule has 2 fully saturated rings. The van der Waals surface area contributed by atoms with E-state index in [0.29, 0.717) is 37.0 Å². The van der Waals surface area contributed by atoms with Crippen LogP contribution in [-0.4, -0.2) is 59.3 Å². The van der Waals surface area contributed by atoms with Crippen LogP contribution in [-0.2, 0) is 9.53 Å². The summed E-state index contributed by atoms with van der Waals surface area (Å²) in [6, 6.07) is 5.67. The number of hydrogen-bond acceptors (Lipinski definition) is 6. The lowest BCUT2D eigenvalue weighted by Gasteiger charge is -2.37. The van der Waals surface area contributed by atoms with Gasteiger partial charge in [-0.25, -0.2) is 4.39 Å². The van der Waals surface area contributed by atoms with Gasteiger partial charge >= 0.3 is 0 Å². The fourth-order valence-corrected chi connectivity index (χ4v) is 3.70. The third-order valence-corrected chi connectivity index (χ3v) is 5.21. The first-order valence-corrected chi connectivity index (χ1v) is 9.35. The number of nitrogens with zero attached hydrogens (tertiary/aromatic N) is 3. The molecule has 144 valence electrons. The molecule has 1 amide bonds. The van der Waals surface area contributed by atoms with Crippen molar-refractivity contribution >= 4 is 5.91 Å². The Morgan fingerprint density at radius 1 is 1.33 bits per heavy atom. The number of likely N-dealkylation sites (tertiary alicyclic amines) is 1.